The minimum absolute atomic E-state index is 0.0847. The first kappa shape index (κ1) is 72.6. The summed E-state index contributed by atoms with van der Waals surface area (Å²) in [5, 5.41) is 0. The Labute approximate surface area is 471 Å². The molecule has 0 rings (SSSR count). The average Bonchev–Trinajstić information content (AvgIpc) is 3.42. The van der Waals surface area contributed by atoms with Crippen LogP contribution in [0.25, 0.3) is 0 Å². The second kappa shape index (κ2) is 64.1. The molecule has 0 heterocycles. The molecule has 0 aliphatic rings. The number of ether oxygens (including phenoxy) is 3. The van der Waals surface area contributed by atoms with Gasteiger partial charge in [-0.25, -0.2) is 0 Å². The zero-order valence-electron chi connectivity index (χ0n) is 50.3. The van der Waals surface area contributed by atoms with Gasteiger partial charge in [0.15, 0.2) is 6.10 Å². The van der Waals surface area contributed by atoms with E-state index in [1.165, 1.54) is 167 Å². The second-order valence-electron chi connectivity index (χ2n) is 21.6. The normalized spacial score (nSPS) is 12.6. The number of hydrogen-bond acceptors (Lipinski definition) is 6. The van der Waals surface area contributed by atoms with Gasteiger partial charge in [-0.2, -0.15) is 0 Å². The molecule has 0 bridgehead atoms. The van der Waals surface area contributed by atoms with Crippen molar-refractivity contribution in [2.24, 2.45) is 0 Å². The molecular formula is C70H122O6. The van der Waals surface area contributed by atoms with Crippen LogP contribution in [0.15, 0.2) is 85.1 Å². The largest absolute Gasteiger partial charge is 0.462 e. The maximum Gasteiger partial charge on any atom is 0.306 e. The molecule has 0 spiro atoms. The lowest BCUT2D eigenvalue weighted by Gasteiger charge is -2.18. The van der Waals surface area contributed by atoms with Gasteiger partial charge in [-0.1, -0.05) is 298 Å². The highest BCUT2D eigenvalue weighted by Crippen LogP contribution is 2.17. The monoisotopic (exact) mass is 1060 g/mol. The summed E-state index contributed by atoms with van der Waals surface area (Å²) in [6, 6.07) is 0. The van der Waals surface area contributed by atoms with Crippen molar-refractivity contribution in [3.63, 3.8) is 0 Å². The molecule has 1 unspecified atom stereocenters. The lowest BCUT2D eigenvalue weighted by molar-refractivity contribution is -0.167. The van der Waals surface area contributed by atoms with Gasteiger partial charge in [-0.15, -0.1) is 0 Å². The zero-order chi connectivity index (χ0) is 55.0. The fourth-order valence-corrected chi connectivity index (χ4v) is 9.25. The Morgan fingerprint density at radius 1 is 0.276 bits per heavy atom. The SMILES string of the molecule is CC/C=C\C/C=C\C/C=C\C/C=C\C/C=C\CCCCCCCCCC(=O)OCC(COC(=O)CCCCCCC/C=C\C/C=C\CCCC)OC(=O)CCCCCCCCCCCCCCCCCCCCCCC. The molecule has 1 atom stereocenters. The summed E-state index contributed by atoms with van der Waals surface area (Å²) < 4.78 is 16.9. The highest BCUT2D eigenvalue weighted by molar-refractivity contribution is 5.71. The first-order chi connectivity index (χ1) is 37.5. The lowest BCUT2D eigenvalue weighted by Crippen LogP contribution is -2.30. The Bertz CT molecular complexity index is 1450. The third kappa shape index (κ3) is 61.4. The minimum atomic E-state index is -0.787. The van der Waals surface area contributed by atoms with Crippen molar-refractivity contribution in [1.29, 1.82) is 0 Å². The lowest BCUT2D eigenvalue weighted by atomic mass is 10.0. The summed E-state index contributed by atoms with van der Waals surface area (Å²) in [6.07, 6.45) is 84.4. The van der Waals surface area contributed by atoms with Crippen LogP contribution < -0.4 is 0 Å². The van der Waals surface area contributed by atoms with E-state index >= 15 is 0 Å². The molecule has 438 valence electrons. The number of allylic oxidation sites excluding steroid dienone is 14. The molecule has 0 aromatic carbocycles. The average molecular weight is 1060 g/mol. The summed E-state index contributed by atoms with van der Waals surface area (Å²) in [5.74, 6) is -0.893. The van der Waals surface area contributed by atoms with Crippen molar-refractivity contribution in [2.45, 2.75) is 329 Å². The Balaban J connectivity index is 4.36. The molecule has 0 saturated carbocycles. The van der Waals surface area contributed by atoms with Crippen LogP contribution in [0.4, 0.5) is 0 Å². The first-order valence-electron chi connectivity index (χ1n) is 32.6. The molecule has 0 saturated heterocycles. The quantitative estimate of drug-likeness (QED) is 0.0261. The summed E-state index contributed by atoms with van der Waals surface area (Å²) in [4.78, 5) is 38.3. The number of unbranched alkanes of at least 4 members (excludes halogenated alkanes) is 34. The molecule has 0 aliphatic heterocycles. The standard InChI is InChI=1S/C70H122O6/c1-4-7-10-13-16-19-22-25-28-30-32-34-35-37-38-40-42-45-48-51-54-57-60-63-69(72)75-66-67(65-74-68(71)62-59-56-53-50-47-44-27-24-21-18-15-12-9-6-3)76-70(73)64-61-58-55-52-49-46-43-41-39-36-33-31-29-26-23-20-17-14-11-8-5-2/h7,10,15-16,18-19,24-25,27-28,32,34,37-38,67H,4-6,8-9,11-14,17,20-23,26,29-31,33,35-36,39-66H2,1-3H3/b10-7-,18-15-,19-16-,27-24-,28-25-,34-32-,38-37-. The van der Waals surface area contributed by atoms with Crippen molar-refractivity contribution >= 4 is 17.9 Å². The van der Waals surface area contributed by atoms with Crippen LogP contribution in [0.3, 0.4) is 0 Å². The van der Waals surface area contributed by atoms with E-state index in [4.69, 9.17) is 14.2 Å². The van der Waals surface area contributed by atoms with Crippen molar-refractivity contribution in [3.05, 3.63) is 85.1 Å². The maximum absolute atomic E-state index is 12.9. The van der Waals surface area contributed by atoms with Crippen molar-refractivity contribution in [1.82, 2.24) is 0 Å². The van der Waals surface area contributed by atoms with Gasteiger partial charge in [0.1, 0.15) is 13.2 Å². The smallest absolute Gasteiger partial charge is 0.306 e. The highest BCUT2D eigenvalue weighted by atomic mass is 16.6. The predicted molar refractivity (Wildman–Crippen MR) is 330 cm³/mol. The molecule has 0 aromatic rings. The van der Waals surface area contributed by atoms with E-state index in [1.807, 2.05) is 0 Å². The molecule has 0 radical (unpaired) electrons. The van der Waals surface area contributed by atoms with E-state index in [0.29, 0.717) is 19.3 Å². The third-order valence-corrected chi connectivity index (χ3v) is 14.1. The van der Waals surface area contributed by atoms with Crippen LogP contribution in [-0.4, -0.2) is 37.2 Å². The van der Waals surface area contributed by atoms with Gasteiger partial charge in [-0.05, 0) is 89.9 Å². The molecule has 76 heavy (non-hydrogen) atoms. The van der Waals surface area contributed by atoms with Gasteiger partial charge >= 0.3 is 17.9 Å². The van der Waals surface area contributed by atoms with Gasteiger partial charge in [0, 0.05) is 19.3 Å². The Morgan fingerprint density at radius 3 is 0.842 bits per heavy atom. The topological polar surface area (TPSA) is 78.9 Å². The Morgan fingerprint density at radius 2 is 0.526 bits per heavy atom. The number of rotatable bonds is 59. The van der Waals surface area contributed by atoms with Gasteiger partial charge in [0.25, 0.3) is 0 Å². The fourth-order valence-electron chi connectivity index (χ4n) is 9.25. The van der Waals surface area contributed by atoms with Gasteiger partial charge in [0.2, 0.25) is 0 Å². The first-order valence-corrected chi connectivity index (χ1v) is 32.6. The summed E-state index contributed by atoms with van der Waals surface area (Å²) >= 11 is 0. The molecule has 0 N–H and O–H groups in total. The third-order valence-electron chi connectivity index (χ3n) is 14.1. The predicted octanol–water partition coefficient (Wildman–Crippen LogP) is 22.3. The number of carbonyl (C=O) groups excluding carboxylic acids is 3. The van der Waals surface area contributed by atoms with E-state index in [2.05, 4.69) is 106 Å². The molecule has 6 nitrogen and oxygen atoms in total. The fraction of sp³-hybridized carbons (Fsp3) is 0.757. The second-order valence-corrected chi connectivity index (χ2v) is 21.6. The molecule has 0 fully saturated rings. The summed E-state index contributed by atoms with van der Waals surface area (Å²) in [6.45, 7) is 6.51. The van der Waals surface area contributed by atoms with E-state index in [1.54, 1.807) is 0 Å². The van der Waals surface area contributed by atoms with Gasteiger partial charge < -0.3 is 14.2 Å². The van der Waals surface area contributed by atoms with Crippen molar-refractivity contribution in [3.8, 4) is 0 Å². The Kier molecular flexibility index (Phi) is 61.2. The van der Waals surface area contributed by atoms with Crippen molar-refractivity contribution < 1.29 is 28.6 Å². The van der Waals surface area contributed by atoms with E-state index < -0.39 is 6.10 Å². The van der Waals surface area contributed by atoms with Crippen LogP contribution in [0.5, 0.6) is 0 Å². The van der Waals surface area contributed by atoms with E-state index in [9.17, 15) is 14.4 Å². The van der Waals surface area contributed by atoms with E-state index in [-0.39, 0.29) is 31.1 Å². The van der Waals surface area contributed by atoms with Gasteiger partial charge in [-0.3, -0.25) is 14.4 Å². The van der Waals surface area contributed by atoms with Crippen LogP contribution in [-0.2, 0) is 28.6 Å². The van der Waals surface area contributed by atoms with Gasteiger partial charge in [0.05, 0.1) is 0 Å². The number of carbonyl (C=O) groups is 3. The molecule has 0 aromatic heterocycles. The Hall–Kier alpha value is -3.41. The number of esters is 3. The van der Waals surface area contributed by atoms with Crippen LogP contribution >= 0.6 is 0 Å². The number of hydrogen-bond donors (Lipinski definition) is 0. The summed E-state index contributed by atoms with van der Waals surface area (Å²) in [7, 11) is 0. The maximum atomic E-state index is 12.9. The molecular weight excluding hydrogens is 937 g/mol. The highest BCUT2D eigenvalue weighted by Gasteiger charge is 2.19. The molecule has 6 heteroatoms. The summed E-state index contributed by atoms with van der Waals surface area (Å²) in [5.41, 5.74) is 0. The molecule has 0 amide bonds. The zero-order valence-corrected chi connectivity index (χ0v) is 50.3. The van der Waals surface area contributed by atoms with E-state index in [0.717, 1.165) is 116 Å². The van der Waals surface area contributed by atoms with Crippen LogP contribution in [0.1, 0.15) is 323 Å². The van der Waals surface area contributed by atoms with Crippen LogP contribution in [0, 0.1) is 0 Å². The molecule has 0 aliphatic carbocycles. The minimum Gasteiger partial charge on any atom is -0.462 e. The van der Waals surface area contributed by atoms with Crippen LogP contribution in [0.2, 0.25) is 0 Å². The van der Waals surface area contributed by atoms with Crippen molar-refractivity contribution in [2.75, 3.05) is 13.2 Å².